The number of nitrogens with one attached hydrogen (secondary N) is 1. The summed E-state index contributed by atoms with van der Waals surface area (Å²) in [5.74, 6) is 0. The highest BCUT2D eigenvalue weighted by atomic mass is 35.5. The van der Waals surface area contributed by atoms with Gasteiger partial charge in [-0.3, -0.25) is 0 Å². The number of methoxy groups -OCH3 is 1. The summed E-state index contributed by atoms with van der Waals surface area (Å²) >= 11 is 5.88. The normalized spacial score (nSPS) is 10.5. The summed E-state index contributed by atoms with van der Waals surface area (Å²) in [6.45, 7) is 5.04. The van der Waals surface area contributed by atoms with Crippen LogP contribution >= 0.6 is 11.6 Å². The van der Waals surface area contributed by atoms with Gasteiger partial charge in [-0.15, -0.1) is 0 Å². The number of hydrogen-bond donors (Lipinski definition) is 1. The fourth-order valence-corrected chi connectivity index (χ4v) is 1.72. The van der Waals surface area contributed by atoms with Gasteiger partial charge in [-0.05, 0) is 37.1 Å². The summed E-state index contributed by atoms with van der Waals surface area (Å²) in [4.78, 5) is 0. The van der Waals surface area contributed by atoms with Gasteiger partial charge in [0.2, 0.25) is 0 Å². The number of aryl methyl sites for hydroxylation is 1. The standard InChI is InChI=1S/C13H20ClNO2/c1-11-10-12(14)4-5-13(11)15-6-9-17-8-3-7-16-2/h4-5,10,15H,3,6-9H2,1-2H3. The second kappa shape index (κ2) is 8.34. The molecular formula is C13H20ClNO2. The van der Waals surface area contributed by atoms with Gasteiger partial charge in [0.25, 0.3) is 0 Å². The molecule has 0 aliphatic carbocycles. The van der Waals surface area contributed by atoms with Crippen molar-refractivity contribution in [3.05, 3.63) is 28.8 Å². The van der Waals surface area contributed by atoms with Gasteiger partial charge in [0.15, 0.2) is 0 Å². The molecule has 0 radical (unpaired) electrons. The van der Waals surface area contributed by atoms with Crippen LogP contribution in [0.15, 0.2) is 18.2 Å². The lowest BCUT2D eigenvalue weighted by atomic mass is 10.2. The Morgan fingerprint density at radius 3 is 2.76 bits per heavy atom. The van der Waals surface area contributed by atoms with Crippen LogP contribution in [-0.2, 0) is 9.47 Å². The molecule has 0 spiro atoms. The average molecular weight is 258 g/mol. The Kier molecular flexibility index (Phi) is 7.01. The zero-order valence-corrected chi connectivity index (χ0v) is 11.2. The molecule has 0 fully saturated rings. The number of ether oxygens (including phenoxy) is 2. The third-order valence-electron chi connectivity index (χ3n) is 2.39. The Balaban J connectivity index is 2.14. The topological polar surface area (TPSA) is 30.5 Å². The van der Waals surface area contributed by atoms with Crippen LogP contribution in [-0.4, -0.2) is 33.5 Å². The lowest BCUT2D eigenvalue weighted by Gasteiger charge is -2.10. The molecule has 0 aliphatic heterocycles. The fourth-order valence-electron chi connectivity index (χ4n) is 1.49. The van der Waals surface area contributed by atoms with Gasteiger partial charge in [-0.2, -0.15) is 0 Å². The maximum atomic E-state index is 5.88. The van der Waals surface area contributed by atoms with Crippen molar-refractivity contribution in [1.82, 2.24) is 0 Å². The largest absolute Gasteiger partial charge is 0.385 e. The number of rotatable bonds is 8. The van der Waals surface area contributed by atoms with E-state index in [1.165, 1.54) is 0 Å². The molecule has 0 atom stereocenters. The van der Waals surface area contributed by atoms with E-state index < -0.39 is 0 Å². The second-order valence-electron chi connectivity index (χ2n) is 3.84. The van der Waals surface area contributed by atoms with Crippen molar-refractivity contribution in [2.24, 2.45) is 0 Å². The molecule has 17 heavy (non-hydrogen) atoms. The summed E-state index contributed by atoms with van der Waals surface area (Å²) in [5, 5.41) is 4.08. The van der Waals surface area contributed by atoms with Crippen molar-refractivity contribution >= 4 is 17.3 Å². The molecule has 3 nitrogen and oxygen atoms in total. The van der Waals surface area contributed by atoms with Gasteiger partial charge in [0.1, 0.15) is 0 Å². The van der Waals surface area contributed by atoms with E-state index in [1.54, 1.807) is 7.11 Å². The quantitative estimate of drug-likeness (QED) is 0.726. The maximum Gasteiger partial charge on any atom is 0.0639 e. The Morgan fingerprint density at radius 1 is 1.24 bits per heavy atom. The molecule has 0 saturated heterocycles. The van der Waals surface area contributed by atoms with Crippen molar-refractivity contribution in [1.29, 1.82) is 0 Å². The molecular weight excluding hydrogens is 238 g/mol. The first-order valence-corrected chi connectivity index (χ1v) is 6.18. The van der Waals surface area contributed by atoms with Gasteiger partial charge in [0.05, 0.1) is 6.61 Å². The molecule has 1 aromatic carbocycles. The Morgan fingerprint density at radius 2 is 2.06 bits per heavy atom. The molecule has 0 aliphatic rings. The smallest absolute Gasteiger partial charge is 0.0639 e. The van der Waals surface area contributed by atoms with E-state index in [4.69, 9.17) is 21.1 Å². The first-order chi connectivity index (χ1) is 8.24. The maximum absolute atomic E-state index is 5.88. The van der Waals surface area contributed by atoms with Crippen LogP contribution in [0, 0.1) is 6.92 Å². The third-order valence-corrected chi connectivity index (χ3v) is 2.62. The van der Waals surface area contributed by atoms with Crippen LogP contribution in [0.3, 0.4) is 0 Å². The highest BCUT2D eigenvalue weighted by Crippen LogP contribution is 2.19. The third kappa shape index (κ3) is 5.91. The van der Waals surface area contributed by atoms with E-state index in [0.717, 1.165) is 42.5 Å². The lowest BCUT2D eigenvalue weighted by Crippen LogP contribution is -2.11. The molecule has 1 aromatic rings. The molecule has 1 N–H and O–H groups in total. The molecule has 0 saturated carbocycles. The predicted molar refractivity (Wildman–Crippen MR) is 72.0 cm³/mol. The van der Waals surface area contributed by atoms with E-state index >= 15 is 0 Å². The Labute approximate surface area is 108 Å². The highest BCUT2D eigenvalue weighted by Gasteiger charge is 1.98. The summed E-state index contributed by atoms with van der Waals surface area (Å²) in [5.41, 5.74) is 2.26. The van der Waals surface area contributed by atoms with Gasteiger partial charge in [-0.25, -0.2) is 0 Å². The van der Waals surface area contributed by atoms with E-state index in [1.807, 2.05) is 25.1 Å². The average Bonchev–Trinajstić information content (AvgIpc) is 2.30. The van der Waals surface area contributed by atoms with E-state index in [0.29, 0.717) is 6.61 Å². The van der Waals surface area contributed by atoms with Crippen LogP contribution in [0.2, 0.25) is 5.02 Å². The monoisotopic (exact) mass is 257 g/mol. The first kappa shape index (κ1) is 14.3. The lowest BCUT2D eigenvalue weighted by molar-refractivity contribution is 0.109. The summed E-state index contributed by atoms with van der Waals surface area (Å²) in [6.07, 6.45) is 0.941. The van der Waals surface area contributed by atoms with Crippen molar-refractivity contribution in [3.8, 4) is 0 Å². The number of hydrogen-bond acceptors (Lipinski definition) is 3. The zero-order chi connectivity index (χ0) is 12.5. The number of benzene rings is 1. The van der Waals surface area contributed by atoms with Crippen molar-refractivity contribution in [2.45, 2.75) is 13.3 Å². The molecule has 96 valence electrons. The van der Waals surface area contributed by atoms with Crippen LogP contribution in [0.5, 0.6) is 0 Å². The van der Waals surface area contributed by atoms with Gasteiger partial charge in [-0.1, -0.05) is 11.6 Å². The highest BCUT2D eigenvalue weighted by molar-refractivity contribution is 6.30. The summed E-state index contributed by atoms with van der Waals surface area (Å²) < 4.78 is 10.4. The van der Waals surface area contributed by atoms with E-state index in [2.05, 4.69) is 5.32 Å². The Hall–Kier alpha value is -0.770. The Bertz CT molecular complexity index is 331. The molecule has 0 bridgehead atoms. The minimum Gasteiger partial charge on any atom is -0.385 e. The fraction of sp³-hybridized carbons (Fsp3) is 0.538. The van der Waals surface area contributed by atoms with Crippen LogP contribution in [0.4, 0.5) is 5.69 Å². The van der Waals surface area contributed by atoms with Crippen LogP contribution < -0.4 is 5.32 Å². The van der Waals surface area contributed by atoms with Gasteiger partial charge in [0, 0.05) is 37.6 Å². The van der Waals surface area contributed by atoms with Crippen molar-refractivity contribution < 1.29 is 9.47 Å². The van der Waals surface area contributed by atoms with Crippen molar-refractivity contribution in [2.75, 3.05) is 38.8 Å². The zero-order valence-electron chi connectivity index (χ0n) is 10.5. The summed E-state index contributed by atoms with van der Waals surface area (Å²) in [7, 11) is 1.70. The molecule has 1 rings (SSSR count). The summed E-state index contributed by atoms with van der Waals surface area (Å²) in [6, 6.07) is 5.82. The number of anilines is 1. The van der Waals surface area contributed by atoms with Gasteiger partial charge >= 0.3 is 0 Å². The van der Waals surface area contributed by atoms with E-state index in [-0.39, 0.29) is 0 Å². The van der Waals surface area contributed by atoms with Crippen LogP contribution in [0.1, 0.15) is 12.0 Å². The molecule has 0 amide bonds. The minimum atomic E-state index is 0.700. The van der Waals surface area contributed by atoms with E-state index in [9.17, 15) is 0 Å². The van der Waals surface area contributed by atoms with Crippen LogP contribution in [0.25, 0.3) is 0 Å². The minimum absolute atomic E-state index is 0.700. The second-order valence-corrected chi connectivity index (χ2v) is 4.28. The molecule has 0 unspecified atom stereocenters. The SMILES string of the molecule is COCCCOCCNc1ccc(Cl)cc1C. The molecule has 0 aromatic heterocycles. The predicted octanol–water partition coefficient (Wildman–Crippen LogP) is 3.11. The number of halogens is 1. The first-order valence-electron chi connectivity index (χ1n) is 5.80. The molecule has 4 heteroatoms. The van der Waals surface area contributed by atoms with Gasteiger partial charge < -0.3 is 14.8 Å². The van der Waals surface area contributed by atoms with Crippen molar-refractivity contribution in [3.63, 3.8) is 0 Å². The molecule has 0 heterocycles.